The molecule has 1 unspecified atom stereocenters. The average Bonchev–Trinajstić information content (AvgIpc) is 2.21. The maximum atomic E-state index is 5.37. The van der Waals surface area contributed by atoms with E-state index >= 15 is 0 Å². The van der Waals surface area contributed by atoms with Gasteiger partial charge in [0.05, 0.1) is 13.2 Å². The van der Waals surface area contributed by atoms with E-state index in [0.29, 0.717) is 25.0 Å². The van der Waals surface area contributed by atoms with Gasteiger partial charge in [-0.1, -0.05) is 6.92 Å². The van der Waals surface area contributed by atoms with Crippen molar-refractivity contribution in [2.75, 3.05) is 13.2 Å². The van der Waals surface area contributed by atoms with Gasteiger partial charge in [0.2, 0.25) is 11.8 Å². The van der Waals surface area contributed by atoms with Gasteiger partial charge in [0.15, 0.2) is 6.54 Å². The summed E-state index contributed by atoms with van der Waals surface area (Å²) < 4.78 is 10.6. The molecule has 0 aromatic carbocycles. The lowest BCUT2D eigenvalue weighted by atomic mass is 10.2. The van der Waals surface area contributed by atoms with Crippen LogP contribution in [0.2, 0.25) is 0 Å². The first-order valence-corrected chi connectivity index (χ1v) is 5.06. The third-order valence-corrected chi connectivity index (χ3v) is 1.84. The molecular weight excluding hydrogens is 180 g/mol. The van der Waals surface area contributed by atoms with E-state index in [1.807, 2.05) is 13.8 Å². The summed E-state index contributed by atoms with van der Waals surface area (Å²) in [5.41, 5.74) is 0. The van der Waals surface area contributed by atoms with Crippen molar-refractivity contribution in [2.24, 2.45) is 9.98 Å². The van der Waals surface area contributed by atoms with Gasteiger partial charge in [-0.2, -0.15) is 0 Å². The van der Waals surface area contributed by atoms with E-state index in [0.717, 1.165) is 6.42 Å². The van der Waals surface area contributed by atoms with Crippen molar-refractivity contribution in [1.29, 1.82) is 0 Å². The van der Waals surface area contributed by atoms with Crippen LogP contribution in [0, 0.1) is 6.54 Å². The Morgan fingerprint density at radius 1 is 1.21 bits per heavy atom. The van der Waals surface area contributed by atoms with Crippen LogP contribution >= 0.6 is 0 Å². The zero-order chi connectivity index (χ0) is 10.4. The molecule has 4 heteroatoms. The summed E-state index contributed by atoms with van der Waals surface area (Å²) in [5, 5.41) is 0. The lowest BCUT2D eigenvalue weighted by Gasteiger charge is -2.19. The van der Waals surface area contributed by atoms with Gasteiger partial charge in [-0.25, -0.2) is 9.98 Å². The summed E-state index contributed by atoms with van der Waals surface area (Å²) in [6, 6.07) is 0.0153. The maximum Gasteiger partial charge on any atom is 0.212 e. The van der Waals surface area contributed by atoms with Crippen LogP contribution in [0.4, 0.5) is 0 Å². The summed E-state index contributed by atoms with van der Waals surface area (Å²) >= 11 is 0. The minimum Gasteiger partial charge on any atom is -0.480 e. The highest BCUT2D eigenvalue weighted by Gasteiger charge is 2.20. The second-order valence-corrected chi connectivity index (χ2v) is 2.85. The van der Waals surface area contributed by atoms with Crippen molar-refractivity contribution in [3.05, 3.63) is 6.54 Å². The van der Waals surface area contributed by atoms with Crippen molar-refractivity contribution < 1.29 is 9.47 Å². The molecule has 0 saturated heterocycles. The van der Waals surface area contributed by atoms with Gasteiger partial charge in [-0.15, -0.1) is 0 Å². The summed E-state index contributed by atoms with van der Waals surface area (Å²) in [7, 11) is 0. The van der Waals surface area contributed by atoms with Gasteiger partial charge < -0.3 is 9.47 Å². The summed E-state index contributed by atoms with van der Waals surface area (Å²) in [4.78, 5) is 8.56. The van der Waals surface area contributed by atoms with Gasteiger partial charge in [0, 0.05) is 0 Å². The lowest BCUT2D eigenvalue weighted by molar-refractivity contribution is 0.297. The zero-order valence-corrected chi connectivity index (χ0v) is 8.99. The minimum absolute atomic E-state index is 0.0153. The Bertz CT molecular complexity index is 236. The third kappa shape index (κ3) is 2.72. The number of nitrogens with zero attached hydrogens (tertiary/aromatic N) is 2. The van der Waals surface area contributed by atoms with Crippen LogP contribution in [0.25, 0.3) is 0 Å². The first-order chi connectivity index (χ1) is 6.81. The number of hydrogen-bond acceptors (Lipinski definition) is 4. The van der Waals surface area contributed by atoms with Crippen LogP contribution in [-0.2, 0) is 9.47 Å². The molecule has 0 aromatic rings. The first-order valence-electron chi connectivity index (χ1n) is 5.06. The van der Waals surface area contributed by atoms with Crippen LogP contribution in [-0.4, -0.2) is 31.1 Å². The van der Waals surface area contributed by atoms with Crippen molar-refractivity contribution in [1.82, 2.24) is 0 Å². The molecule has 0 saturated carbocycles. The van der Waals surface area contributed by atoms with Gasteiger partial charge in [-0.05, 0) is 20.3 Å². The van der Waals surface area contributed by atoms with Crippen LogP contribution < -0.4 is 0 Å². The fourth-order valence-corrected chi connectivity index (χ4v) is 1.22. The Balaban J connectivity index is 2.59. The first kappa shape index (κ1) is 11.0. The third-order valence-electron chi connectivity index (χ3n) is 1.84. The van der Waals surface area contributed by atoms with Gasteiger partial charge >= 0.3 is 0 Å². The Hall–Kier alpha value is -1.06. The Kier molecular flexibility index (Phi) is 4.43. The van der Waals surface area contributed by atoms with Gasteiger partial charge in [0.25, 0.3) is 0 Å². The molecule has 0 fully saturated rings. The molecule has 1 aliphatic heterocycles. The van der Waals surface area contributed by atoms with Crippen LogP contribution in [0.5, 0.6) is 0 Å². The Morgan fingerprint density at radius 3 is 2.50 bits per heavy atom. The second kappa shape index (κ2) is 5.62. The predicted molar refractivity (Wildman–Crippen MR) is 56.5 cm³/mol. The van der Waals surface area contributed by atoms with E-state index in [4.69, 9.17) is 9.47 Å². The highest BCUT2D eigenvalue weighted by molar-refractivity contribution is 5.95. The molecule has 0 N–H and O–H groups in total. The zero-order valence-electron chi connectivity index (χ0n) is 8.99. The highest BCUT2D eigenvalue weighted by atomic mass is 16.5. The highest BCUT2D eigenvalue weighted by Crippen LogP contribution is 2.11. The van der Waals surface area contributed by atoms with Crippen LogP contribution in [0.1, 0.15) is 27.2 Å². The normalized spacial score (nSPS) is 21.2. The van der Waals surface area contributed by atoms with E-state index in [1.165, 1.54) is 0 Å². The Labute approximate surface area is 85.0 Å². The van der Waals surface area contributed by atoms with Crippen LogP contribution in [0.3, 0.4) is 0 Å². The molecule has 79 valence electrons. The molecule has 0 amide bonds. The largest absolute Gasteiger partial charge is 0.480 e. The number of hydrogen-bond donors (Lipinski definition) is 0. The molecule has 0 aromatic heterocycles. The quantitative estimate of drug-likeness (QED) is 0.692. The monoisotopic (exact) mass is 197 g/mol. The van der Waals surface area contributed by atoms with Crippen molar-refractivity contribution >= 4 is 11.8 Å². The molecule has 1 heterocycles. The molecule has 14 heavy (non-hydrogen) atoms. The van der Waals surface area contributed by atoms with Crippen molar-refractivity contribution in [2.45, 2.75) is 33.2 Å². The van der Waals surface area contributed by atoms with E-state index in [-0.39, 0.29) is 6.04 Å². The van der Waals surface area contributed by atoms with Crippen molar-refractivity contribution in [3.63, 3.8) is 0 Å². The lowest BCUT2D eigenvalue weighted by Crippen LogP contribution is -2.27. The predicted octanol–water partition coefficient (Wildman–Crippen LogP) is 1.81. The SMILES string of the molecule is CCOC1=NC(CC)C(OCC)=N[CH]1. The topological polar surface area (TPSA) is 43.2 Å². The van der Waals surface area contributed by atoms with E-state index in [1.54, 1.807) is 6.54 Å². The van der Waals surface area contributed by atoms with Gasteiger partial charge in [-0.3, -0.25) is 0 Å². The second-order valence-electron chi connectivity index (χ2n) is 2.85. The number of rotatable bonds is 3. The van der Waals surface area contributed by atoms with Crippen molar-refractivity contribution in [3.8, 4) is 0 Å². The molecular formula is C10H17N2O2. The summed E-state index contributed by atoms with van der Waals surface area (Å²) in [6.45, 7) is 8.78. The molecule has 1 rings (SSSR count). The molecule has 0 bridgehead atoms. The number of aliphatic imine (C=N–C) groups is 2. The smallest absolute Gasteiger partial charge is 0.212 e. The molecule has 1 atom stereocenters. The molecule has 0 spiro atoms. The minimum atomic E-state index is 0.0153. The number of ether oxygens (including phenoxy) is 2. The fourth-order valence-electron chi connectivity index (χ4n) is 1.22. The molecule has 0 aliphatic carbocycles. The molecule has 1 aliphatic rings. The van der Waals surface area contributed by atoms with E-state index < -0.39 is 0 Å². The average molecular weight is 197 g/mol. The molecule has 1 radical (unpaired) electrons. The van der Waals surface area contributed by atoms with Crippen LogP contribution in [0.15, 0.2) is 9.98 Å². The fraction of sp³-hybridized carbons (Fsp3) is 0.700. The summed E-state index contributed by atoms with van der Waals surface area (Å²) in [5.74, 6) is 1.29. The standard InChI is InChI=1S/C10H17N2O2/c1-4-8-10(14-6-3)11-7-9(12-8)13-5-2/h7-8H,4-6H2,1-3H3. The maximum absolute atomic E-state index is 5.37. The van der Waals surface area contributed by atoms with E-state index in [2.05, 4.69) is 16.9 Å². The van der Waals surface area contributed by atoms with Gasteiger partial charge in [0.1, 0.15) is 6.04 Å². The Morgan fingerprint density at radius 2 is 1.93 bits per heavy atom. The molecule has 4 nitrogen and oxygen atoms in total. The van der Waals surface area contributed by atoms with E-state index in [9.17, 15) is 0 Å². The summed E-state index contributed by atoms with van der Waals surface area (Å²) in [6.07, 6.45) is 0.878.